The molecule has 0 N–H and O–H groups in total. The van der Waals surface area contributed by atoms with Crippen LogP contribution in [0.1, 0.15) is 82.7 Å². The number of nitrogens with zero attached hydrogens (tertiary/aromatic N) is 3. The molecule has 37 heavy (non-hydrogen) atoms. The van der Waals surface area contributed by atoms with Crippen LogP contribution < -0.4 is 15.0 Å². The summed E-state index contributed by atoms with van der Waals surface area (Å²) in [5, 5.41) is 5.29. The lowest BCUT2D eigenvalue weighted by molar-refractivity contribution is 0.187. The first-order valence-electron chi connectivity index (χ1n) is 13.4. The summed E-state index contributed by atoms with van der Waals surface area (Å²) in [6, 6.07) is 11.5. The Hall–Kier alpha value is -3.41. The van der Waals surface area contributed by atoms with Gasteiger partial charge < -0.3 is 9.47 Å². The van der Waals surface area contributed by atoms with E-state index in [0.717, 1.165) is 53.9 Å². The highest BCUT2D eigenvalue weighted by atomic mass is 16.5. The maximum absolute atomic E-state index is 13.5. The third kappa shape index (κ3) is 6.48. The highest BCUT2D eigenvalue weighted by Gasteiger charge is 2.23. The summed E-state index contributed by atoms with van der Waals surface area (Å²) in [6.45, 7) is 13.4. The van der Waals surface area contributed by atoms with E-state index in [0.29, 0.717) is 30.8 Å². The molecule has 0 atom stereocenters. The molecule has 3 aromatic rings. The highest BCUT2D eigenvalue weighted by Crippen LogP contribution is 2.35. The van der Waals surface area contributed by atoms with Gasteiger partial charge in [-0.05, 0) is 61.4 Å². The van der Waals surface area contributed by atoms with Crippen LogP contribution >= 0.6 is 0 Å². The van der Waals surface area contributed by atoms with Gasteiger partial charge in [-0.25, -0.2) is 4.98 Å². The zero-order chi connectivity index (χ0) is 26.4. The monoisotopic (exact) mass is 501 g/mol. The fourth-order valence-corrected chi connectivity index (χ4v) is 4.78. The maximum atomic E-state index is 13.5. The summed E-state index contributed by atoms with van der Waals surface area (Å²) in [5.74, 6) is 2.39. The molecule has 0 bridgehead atoms. The van der Waals surface area contributed by atoms with Crippen molar-refractivity contribution in [2.24, 2.45) is 10.5 Å². The summed E-state index contributed by atoms with van der Waals surface area (Å²) in [6.07, 6.45) is 9.79. The van der Waals surface area contributed by atoms with Crippen molar-refractivity contribution >= 4 is 17.1 Å². The number of rotatable bonds is 9. The molecule has 6 heteroatoms. The molecule has 1 fully saturated rings. The quantitative estimate of drug-likeness (QED) is 0.237. The second-order valence-corrected chi connectivity index (χ2v) is 11.0. The molecule has 1 aromatic heterocycles. The second-order valence-electron chi connectivity index (χ2n) is 11.0. The van der Waals surface area contributed by atoms with Crippen molar-refractivity contribution in [2.45, 2.75) is 72.1 Å². The van der Waals surface area contributed by atoms with Crippen molar-refractivity contribution in [3.05, 3.63) is 76.4 Å². The Balaban J connectivity index is 1.79. The Bertz CT molecular complexity index is 1330. The van der Waals surface area contributed by atoms with E-state index in [-0.39, 0.29) is 16.9 Å². The van der Waals surface area contributed by atoms with Crippen LogP contribution in [-0.2, 0) is 6.42 Å². The van der Waals surface area contributed by atoms with Gasteiger partial charge in [-0.1, -0.05) is 58.2 Å². The minimum atomic E-state index is -0.135. The Kier molecular flexibility index (Phi) is 8.47. The van der Waals surface area contributed by atoms with Crippen LogP contribution in [0.3, 0.4) is 0 Å². The summed E-state index contributed by atoms with van der Waals surface area (Å²) >= 11 is 0. The molecule has 0 aliphatic heterocycles. The molecular weight excluding hydrogens is 462 g/mol. The molecule has 1 aliphatic rings. The van der Waals surface area contributed by atoms with E-state index < -0.39 is 0 Å². The number of hydrogen-bond acceptors (Lipinski definition) is 5. The molecule has 2 aromatic carbocycles. The lowest BCUT2D eigenvalue weighted by Crippen LogP contribution is -2.25. The average molecular weight is 502 g/mol. The molecule has 0 saturated heterocycles. The van der Waals surface area contributed by atoms with Gasteiger partial charge in [0.25, 0.3) is 5.56 Å². The fraction of sp³-hybridized carbons (Fsp3) is 0.452. The number of para-hydroxylation sites is 1. The van der Waals surface area contributed by atoms with Gasteiger partial charge in [0.05, 0.1) is 30.3 Å². The van der Waals surface area contributed by atoms with Crippen molar-refractivity contribution < 1.29 is 9.47 Å². The summed E-state index contributed by atoms with van der Waals surface area (Å²) in [5.41, 5.74) is 2.41. The Morgan fingerprint density at radius 2 is 1.89 bits per heavy atom. The van der Waals surface area contributed by atoms with E-state index in [4.69, 9.17) is 19.6 Å². The number of fused-ring (bicyclic) bond motifs is 1. The van der Waals surface area contributed by atoms with Crippen molar-refractivity contribution in [1.29, 1.82) is 0 Å². The molecule has 6 nitrogen and oxygen atoms in total. The van der Waals surface area contributed by atoms with Crippen molar-refractivity contribution in [2.75, 3.05) is 13.2 Å². The Morgan fingerprint density at radius 3 is 2.59 bits per heavy atom. The van der Waals surface area contributed by atoms with E-state index in [1.165, 1.54) is 11.1 Å². The number of allylic oxidation sites excluding steroid dienone is 1. The van der Waals surface area contributed by atoms with E-state index in [1.54, 1.807) is 6.21 Å². The lowest BCUT2D eigenvalue weighted by atomic mass is 9.88. The smallest absolute Gasteiger partial charge is 0.282 e. The van der Waals surface area contributed by atoms with Gasteiger partial charge >= 0.3 is 0 Å². The van der Waals surface area contributed by atoms with Gasteiger partial charge in [0.2, 0.25) is 0 Å². The van der Waals surface area contributed by atoms with Gasteiger partial charge in [-0.3, -0.25) is 4.79 Å². The molecule has 1 heterocycles. The van der Waals surface area contributed by atoms with E-state index in [1.807, 2.05) is 49.4 Å². The number of ether oxygens (including phenoxy) is 2. The van der Waals surface area contributed by atoms with Crippen LogP contribution in [0.2, 0.25) is 0 Å². The third-order valence-electron chi connectivity index (χ3n) is 6.54. The third-order valence-corrected chi connectivity index (χ3v) is 6.54. The normalized spacial score (nSPS) is 14.8. The van der Waals surface area contributed by atoms with Gasteiger partial charge in [0.15, 0.2) is 11.5 Å². The average Bonchev–Trinajstić information content (AvgIpc) is 2.88. The number of benzene rings is 2. The minimum absolute atomic E-state index is 0.00876. The van der Waals surface area contributed by atoms with Gasteiger partial charge in [0, 0.05) is 11.5 Å². The van der Waals surface area contributed by atoms with E-state index in [9.17, 15) is 4.79 Å². The van der Waals surface area contributed by atoms with E-state index >= 15 is 0 Å². The summed E-state index contributed by atoms with van der Waals surface area (Å²) in [4.78, 5) is 18.5. The molecule has 4 rings (SSSR count). The molecule has 1 aliphatic carbocycles. The topological polar surface area (TPSA) is 65.7 Å². The Morgan fingerprint density at radius 1 is 1.14 bits per heavy atom. The van der Waals surface area contributed by atoms with Crippen molar-refractivity contribution in [1.82, 2.24) is 9.66 Å². The second kappa shape index (κ2) is 11.8. The summed E-state index contributed by atoms with van der Waals surface area (Å²) < 4.78 is 13.7. The predicted molar refractivity (Wildman–Crippen MR) is 151 cm³/mol. The molecular formula is C31H39N3O3. The first kappa shape index (κ1) is 26.6. The molecule has 0 unspecified atom stereocenters. The Labute approximate surface area is 220 Å². The van der Waals surface area contributed by atoms with Gasteiger partial charge in [-0.15, -0.1) is 6.58 Å². The van der Waals surface area contributed by atoms with Gasteiger partial charge in [0.1, 0.15) is 5.82 Å². The first-order chi connectivity index (χ1) is 17.8. The molecule has 0 radical (unpaired) electrons. The number of aromatic nitrogens is 2. The summed E-state index contributed by atoms with van der Waals surface area (Å²) in [7, 11) is 0. The van der Waals surface area contributed by atoms with Gasteiger partial charge in [-0.2, -0.15) is 9.78 Å². The maximum Gasteiger partial charge on any atom is 0.282 e. The molecule has 196 valence electrons. The first-order valence-corrected chi connectivity index (χ1v) is 13.4. The van der Waals surface area contributed by atoms with Crippen LogP contribution in [0.5, 0.6) is 11.5 Å². The zero-order valence-electron chi connectivity index (χ0n) is 22.6. The van der Waals surface area contributed by atoms with E-state index in [2.05, 4.69) is 27.4 Å². The predicted octanol–water partition coefficient (Wildman–Crippen LogP) is 6.88. The van der Waals surface area contributed by atoms with Crippen molar-refractivity contribution in [3.63, 3.8) is 0 Å². The standard InChI is InChI=1S/C31H39N3O3/c1-6-13-24-18-22(19-27(36-7-2)28(24)37-21-31(3,4)5)20-32-34-29(23-14-9-8-10-15-23)33-26-17-12-11-16-25(26)30(34)35/h6,11-12,16-20,23H,1,7-10,13-15,21H2,2-5H3. The minimum Gasteiger partial charge on any atom is -0.490 e. The zero-order valence-corrected chi connectivity index (χ0v) is 22.6. The largest absolute Gasteiger partial charge is 0.490 e. The van der Waals surface area contributed by atoms with Crippen LogP contribution in [-0.4, -0.2) is 29.1 Å². The lowest BCUT2D eigenvalue weighted by Gasteiger charge is -2.23. The number of hydrogen-bond donors (Lipinski definition) is 0. The molecule has 0 amide bonds. The van der Waals surface area contributed by atoms with Crippen LogP contribution in [0, 0.1) is 5.41 Å². The van der Waals surface area contributed by atoms with Crippen molar-refractivity contribution in [3.8, 4) is 11.5 Å². The fourth-order valence-electron chi connectivity index (χ4n) is 4.78. The molecule has 0 spiro atoms. The SMILES string of the molecule is C=CCc1cc(C=Nn2c(C3CCCCC3)nc3ccccc3c2=O)cc(OCC)c1OCC(C)(C)C. The van der Waals surface area contributed by atoms with Crippen LogP contribution in [0.25, 0.3) is 10.9 Å². The highest BCUT2D eigenvalue weighted by molar-refractivity contribution is 5.82. The van der Waals surface area contributed by atoms with Crippen LogP contribution in [0.4, 0.5) is 0 Å². The molecule has 1 saturated carbocycles. The van der Waals surface area contributed by atoms with Crippen LogP contribution in [0.15, 0.2) is 58.9 Å².